The zero-order chi connectivity index (χ0) is 20.1. The number of aromatic nitrogens is 2. The number of benzene rings is 2. The van der Waals surface area contributed by atoms with Crippen LogP contribution >= 0.6 is 0 Å². The van der Waals surface area contributed by atoms with Gasteiger partial charge in [0.1, 0.15) is 0 Å². The topological polar surface area (TPSA) is 79.7 Å². The number of esters is 1. The molecule has 0 N–H and O–H groups in total. The molecule has 0 atom stereocenters. The van der Waals surface area contributed by atoms with E-state index in [1.54, 1.807) is 0 Å². The summed E-state index contributed by atoms with van der Waals surface area (Å²) >= 11 is 0. The van der Waals surface area contributed by atoms with Gasteiger partial charge >= 0.3 is 5.97 Å². The molecular weight excluding hydrogens is 367 g/mol. The monoisotopic (exact) mass is 384 g/mol. The van der Waals surface area contributed by atoms with Crippen LogP contribution in [0.15, 0.2) is 54.7 Å². The van der Waals surface area contributed by atoms with Gasteiger partial charge < -0.3 is 14.2 Å². The first-order valence-electron chi connectivity index (χ1n) is 8.26. The molecule has 1 heterocycles. The summed E-state index contributed by atoms with van der Waals surface area (Å²) in [6.07, 6.45) is 1.53. The lowest BCUT2D eigenvalue weighted by Gasteiger charge is -2.06. The van der Waals surface area contributed by atoms with Crippen LogP contribution in [0.2, 0.25) is 0 Å². The predicted octanol–water partition coefficient (Wildman–Crippen LogP) is 3.07. The molecule has 2 aromatic carbocycles. The second kappa shape index (κ2) is 8.34. The van der Waals surface area contributed by atoms with E-state index in [9.17, 15) is 14.0 Å². The lowest BCUT2D eigenvalue weighted by atomic mass is 10.1. The molecule has 0 aliphatic carbocycles. The highest BCUT2D eigenvalue weighted by Gasteiger charge is 2.21. The van der Waals surface area contributed by atoms with Crippen molar-refractivity contribution < 1.29 is 28.2 Å². The molecule has 0 unspecified atom stereocenters. The van der Waals surface area contributed by atoms with Crippen molar-refractivity contribution in [1.29, 1.82) is 0 Å². The van der Waals surface area contributed by atoms with Gasteiger partial charge in [-0.2, -0.15) is 5.10 Å². The van der Waals surface area contributed by atoms with Gasteiger partial charge in [0.2, 0.25) is 5.69 Å². The molecule has 28 heavy (non-hydrogen) atoms. The van der Waals surface area contributed by atoms with Crippen molar-refractivity contribution in [2.75, 3.05) is 20.8 Å². The van der Waals surface area contributed by atoms with Crippen molar-refractivity contribution in [3.05, 3.63) is 71.8 Å². The van der Waals surface area contributed by atoms with Crippen molar-refractivity contribution in [2.24, 2.45) is 0 Å². The summed E-state index contributed by atoms with van der Waals surface area (Å²) in [7, 11) is 2.72. The third kappa shape index (κ3) is 4.01. The Morgan fingerprint density at radius 3 is 2.39 bits per heavy atom. The molecule has 8 heteroatoms. The number of carbonyl (C=O) groups excluding carboxylic acids is 2. The Labute approximate surface area is 160 Å². The highest BCUT2D eigenvalue weighted by molar-refractivity contribution is 5.99. The van der Waals surface area contributed by atoms with Crippen LogP contribution in [0.3, 0.4) is 0 Å². The van der Waals surface area contributed by atoms with Crippen LogP contribution < -0.4 is 9.47 Å². The predicted molar refractivity (Wildman–Crippen MR) is 97.7 cm³/mol. The van der Waals surface area contributed by atoms with E-state index in [1.165, 1.54) is 37.2 Å². The van der Waals surface area contributed by atoms with Crippen LogP contribution in [0, 0.1) is 5.82 Å². The normalized spacial score (nSPS) is 10.4. The Morgan fingerprint density at radius 2 is 1.75 bits per heavy atom. The van der Waals surface area contributed by atoms with Gasteiger partial charge in [0.05, 0.1) is 26.1 Å². The van der Waals surface area contributed by atoms with Gasteiger partial charge in [0, 0.05) is 5.56 Å². The van der Waals surface area contributed by atoms with Crippen LogP contribution in [0.25, 0.3) is 5.69 Å². The number of hydrogen-bond acceptors (Lipinski definition) is 6. The second-order valence-electron chi connectivity index (χ2n) is 5.67. The number of Topliss-reactive ketones (excluding diaryl/α,β-unsaturated/α-hetero) is 1. The molecule has 0 bridgehead atoms. The number of halogens is 1. The van der Waals surface area contributed by atoms with Gasteiger partial charge in [-0.15, -0.1) is 0 Å². The standard InChI is InChI=1S/C20H17FN2O5/c1-26-17-9-8-13(10-15(17)21)16(24)12-28-20(25)19-18(27-2)11-23(22-19)14-6-4-3-5-7-14/h3-11H,12H2,1-2H3. The van der Waals surface area contributed by atoms with Crippen molar-refractivity contribution in [2.45, 2.75) is 0 Å². The van der Waals surface area contributed by atoms with Crippen LogP contribution in [0.5, 0.6) is 11.5 Å². The van der Waals surface area contributed by atoms with E-state index in [4.69, 9.17) is 14.2 Å². The molecule has 0 aliphatic heterocycles. The summed E-state index contributed by atoms with van der Waals surface area (Å²) in [6.45, 7) is -0.564. The van der Waals surface area contributed by atoms with E-state index in [1.807, 2.05) is 30.3 Å². The summed E-state index contributed by atoms with van der Waals surface area (Å²) in [5, 5.41) is 4.17. The van der Waals surface area contributed by atoms with Gasteiger partial charge in [-0.25, -0.2) is 13.9 Å². The maximum absolute atomic E-state index is 13.7. The Balaban J connectivity index is 1.72. The Kier molecular flexibility index (Phi) is 5.69. The second-order valence-corrected chi connectivity index (χ2v) is 5.67. The van der Waals surface area contributed by atoms with Gasteiger partial charge in [-0.05, 0) is 30.3 Å². The summed E-state index contributed by atoms with van der Waals surface area (Å²) in [6, 6.07) is 12.9. The van der Waals surface area contributed by atoms with Crippen LogP contribution in [0.4, 0.5) is 4.39 Å². The number of ether oxygens (including phenoxy) is 3. The first-order chi connectivity index (χ1) is 13.5. The third-order valence-corrected chi connectivity index (χ3v) is 3.92. The molecule has 0 saturated heterocycles. The fraction of sp³-hybridized carbons (Fsp3) is 0.150. The first kappa shape index (κ1) is 19.1. The van der Waals surface area contributed by atoms with E-state index in [-0.39, 0.29) is 22.8 Å². The molecule has 0 radical (unpaired) electrons. The molecule has 0 spiro atoms. The quantitative estimate of drug-likeness (QED) is 0.460. The smallest absolute Gasteiger partial charge is 0.363 e. The van der Waals surface area contributed by atoms with E-state index in [0.717, 1.165) is 11.8 Å². The van der Waals surface area contributed by atoms with Crippen molar-refractivity contribution in [3.8, 4) is 17.2 Å². The molecule has 0 amide bonds. The summed E-state index contributed by atoms with van der Waals surface area (Å²) in [5.74, 6) is -1.84. The van der Waals surface area contributed by atoms with E-state index >= 15 is 0 Å². The molecule has 0 aliphatic rings. The largest absolute Gasteiger partial charge is 0.494 e. The molecule has 0 fully saturated rings. The van der Waals surface area contributed by atoms with Gasteiger partial charge in [-0.1, -0.05) is 18.2 Å². The van der Waals surface area contributed by atoms with Gasteiger partial charge in [-0.3, -0.25) is 4.79 Å². The molecule has 1 aromatic heterocycles. The highest BCUT2D eigenvalue weighted by atomic mass is 19.1. The maximum atomic E-state index is 13.7. The molecule has 7 nitrogen and oxygen atoms in total. The zero-order valence-electron chi connectivity index (χ0n) is 15.2. The lowest BCUT2D eigenvalue weighted by Crippen LogP contribution is -2.15. The zero-order valence-corrected chi connectivity index (χ0v) is 15.2. The van der Waals surface area contributed by atoms with Crippen LogP contribution in [-0.2, 0) is 4.74 Å². The minimum Gasteiger partial charge on any atom is -0.494 e. The fourth-order valence-electron chi connectivity index (χ4n) is 2.48. The third-order valence-electron chi connectivity index (χ3n) is 3.92. The van der Waals surface area contributed by atoms with Crippen molar-refractivity contribution >= 4 is 11.8 Å². The van der Waals surface area contributed by atoms with Gasteiger partial charge in [0.15, 0.2) is 29.7 Å². The number of ketones is 1. The first-order valence-corrected chi connectivity index (χ1v) is 8.26. The number of hydrogen-bond donors (Lipinski definition) is 0. The van der Waals surface area contributed by atoms with E-state index in [2.05, 4.69) is 5.10 Å². The minimum absolute atomic E-state index is 0.0183. The molecule has 144 valence electrons. The van der Waals surface area contributed by atoms with Gasteiger partial charge in [0.25, 0.3) is 0 Å². The number of methoxy groups -OCH3 is 2. The van der Waals surface area contributed by atoms with Crippen molar-refractivity contribution in [3.63, 3.8) is 0 Å². The highest BCUT2D eigenvalue weighted by Crippen LogP contribution is 2.21. The average Bonchev–Trinajstić information content (AvgIpc) is 3.17. The Bertz CT molecular complexity index is 1000. The minimum atomic E-state index is -0.825. The molecular formula is C20H17FN2O5. The molecule has 3 aromatic rings. The van der Waals surface area contributed by atoms with Crippen molar-refractivity contribution in [1.82, 2.24) is 9.78 Å². The fourth-order valence-corrected chi connectivity index (χ4v) is 2.48. The summed E-state index contributed by atoms with van der Waals surface area (Å²) < 4.78 is 30.2. The molecule has 3 rings (SSSR count). The van der Waals surface area contributed by atoms with E-state index in [0.29, 0.717) is 0 Å². The van der Waals surface area contributed by atoms with E-state index < -0.39 is 24.2 Å². The summed E-state index contributed by atoms with van der Waals surface area (Å²) in [5.41, 5.74) is 0.720. The number of nitrogens with zero attached hydrogens (tertiary/aromatic N) is 2. The average molecular weight is 384 g/mol. The van der Waals surface area contributed by atoms with Crippen LogP contribution in [-0.4, -0.2) is 42.4 Å². The number of para-hydroxylation sites is 1. The Morgan fingerprint density at radius 1 is 1.04 bits per heavy atom. The summed E-state index contributed by atoms with van der Waals surface area (Å²) in [4.78, 5) is 24.5. The molecule has 0 saturated carbocycles. The SMILES string of the molecule is COc1ccc(C(=O)COC(=O)c2nn(-c3ccccc3)cc2OC)cc1F. The maximum Gasteiger partial charge on any atom is 0.363 e. The Hall–Kier alpha value is -3.68. The number of rotatable bonds is 7. The lowest BCUT2D eigenvalue weighted by molar-refractivity contribution is 0.0465. The van der Waals surface area contributed by atoms with Crippen LogP contribution in [0.1, 0.15) is 20.8 Å². The number of carbonyl (C=O) groups is 2.